The zero-order valence-electron chi connectivity index (χ0n) is 11.3. The first kappa shape index (κ1) is 15.2. The molecule has 0 bridgehead atoms. The van der Waals surface area contributed by atoms with Crippen molar-refractivity contribution in [3.05, 3.63) is 57.5 Å². The second-order valence-electron chi connectivity index (χ2n) is 4.47. The third-order valence-electron chi connectivity index (χ3n) is 2.80. The van der Waals surface area contributed by atoms with Crippen molar-refractivity contribution in [1.82, 2.24) is 0 Å². The summed E-state index contributed by atoms with van der Waals surface area (Å²) in [4.78, 5) is 0. The largest absolute Gasteiger partial charge is 0.494 e. The molecular formula is C16H17BrClNO. The van der Waals surface area contributed by atoms with E-state index in [1.807, 2.05) is 42.5 Å². The van der Waals surface area contributed by atoms with Crippen LogP contribution in [0.25, 0.3) is 0 Å². The van der Waals surface area contributed by atoms with Gasteiger partial charge in [-0.3, -0.25) is 0 Å². The van der Waals surface area contributed by atoms with Crippen molar-refractivity contribution in [3.8, 4) is 5.75 Å². The summed E-state index contributed by atoms with van der Waals surface area (Å²) in [5, 5.41) is 4.11. The highest BCUT2D eigenvalue weighted by atomic mass is 79.9. The molecule has 2 nitrogen and oxygen atoms in total. The zero-order chi connectivity index (χ0) is 14.4. The third kappa shape index (κ3) is 4.43. The summed E-state index contributed by atoms with van der Waals surface area (Å²) < 4.78 is 6.60. The molecule has 0 atom stereocenters. The minimum absolute atomic E-state index is 0.684. The number of benzene rings is 2. The van der Waals surface area contributed by atoms with Crippen LogP contribution >= 0.6 is 27.5 Å². The molecule has 0 saturated carbocycles. The van der Waals surface area contributed by atoms with E-state index in [9.17, 15) is 0 Å². The third-order valence-corrected chi connectivity index (χ3v) is 3.65. The van der Waals surface area contributed by atoms with E-state index in [-0.39, 0.29) is 0 Å². The van der Waals surface area contributed by atoms with Crippen molar-refractivity contribution in [3.63, 3.8) is 0 Å². The molecule has 2 rings (SSSR count). The summed E-state index contributed by atoms with van der Waals surface area (Å²) in [5.74, 6) is 0.888. The molecule has 0 spiro atoms. The predicted molar refractivity (Wildman–Crippen MR) is 88.7 cm³/mol. The molecule has 106 valence electrons. The fourth-order valence-electron chi connectivity index (χ4n) is 1.78. The van der Waals surface area contributed by atoms with Crippen molar-refractivity contribution >= 4 is 33.2 Å². The molecular weight excluding hydrogens is 338 g/mol. The minimum Gasteiger partial charge on any atom is -0.494 e. The molecule has 0 aliphatic rings. The highest BCUT2D eigenvalue weighted by Crippen LogP contribution is 2.23. The van der Waals surface area contributed by atoms with Gasteiger partial charge in [-0.1, -0.05) is 46.6 Å². The zero-order valence-corrected chi connectivity index (χ0v) is 13.7. The standard InChI is InChI=1S/C16H17BrClNO/c1-2-8-20-15-5-3-4-14(10-15)19-11-12-6-7-13(17)9-16(12)18/h3-7,9-10,19H,2,8,11H2,1H3. The molecule has 1 N–H and O–H groups in total. The van der Waals surface area contributed by atoms with Gasteiger partial charge in [0.25, 0.3) is 0 Å². The van der Waals surface area contributed by atoms with Crippen molar-refractivity contribution in [2.45, 2.75) is 19.9 Å². The van der Waals surface area contributed by atoms with Gasteiger partial charge in [0.15, 0.2) is 0 Å². The Hall–Kier alpha value is -1.19. The van der Waals surface area contributed by atoms with Crippen LogP contribution in [0.15, 0.2) is 46.9 Å². The van der Waals surface area contributed by atoms with Crippen molar-refractivity contribution < 1.29 is 4.74 Å². The number of hydrogen-bond donors (Lipinski definition) is 1. The second-order valence-corrected chi connectivity index (χ2v) is 5.79. The highest BCUT2D eigenvalue weighted by molar-refractivity contribution is 9.10. The Kier molecular flexibility index (Phi) is 5.74. The Morgan fingerprint density at radius 1 is 1.20 bits per heavy atom. The van der Waals surface area contributed by atoms with E-state index >= 15 is 0 Å². The predicted octanol–water partition coefficient (Wildman–Crippen LogP) is 5.50. The van der Waals surface area contributed by atoms with Crippen LogP contribution in [0.2, 0.25) is 5.02 Å². The van der Waals surface area contributed by atoms with E-state index in [0.29, 0.717) is 6.54 Å². The molecule has 0 radical (unpaired) electrons. The Balaban J connectivity index is 1.99. The van der Waals surface area contributed by atoms with Crippen molar-refractivity contribution in [1.29, 1.82) is 0 Å². The Morgan fingerprint density at radius 3 is 2.80 bits per heavy atom. The second kappa shape index (κ2) is 7.55. The number of hydrogen-bond acceptors (Lipinski definition) is 2. The van der Waals surface area contributed by atoms with Gasteiger partial charge in [0, 0.05) is 27.8 Å². The van der Waals surface area contributed by atoms with Crippen LogP contribution in [0.5, 0.6) is 5.75 Å². The van der Waals surface area contributed by atoms with Gasteiger partial charge in [-0.05, 0) is 36.2 Å². The van der Waals surface area contributed by atoms with Crippen LogP contribution in [0.1, 0.15) is 18.9 Å². The summed E-state index contributed by atoms with van der Waals surface area (Å²) >= 11 is 9.61. The quantitative estimate of drug-likeness (QED) is 0.739. The van der Waals surface area contributed by atoms with Gasteiger partial charge < -0.3 is 10.1 Å². The summed E-state index contributed by atoms with van der Waals surface area (Å²) in [6, 6.07) is 13.9. The van der Waals surface area contributed by atoms with Crippen molar-refractivity contribution in [2.24, 2.45) is 0 Å². The SMILES string of the molecule is CCCOc1cccc(NCc2ccc(Br)cc2Cl)c1. The fraction of sp³-hybridized carbons (Fsp3) is 0.250. The topological polar surface area (TPSA) is 21.3 Å². The number of halogens is 2. The molecule has 0 aliphatic heterocycles. The lowest BCUT2D eigenvalue weighted by atomic mass is 10.2. The minimum atomic E-state index is 0.684. The van der Waals surface area contributed by atoms with Crippen molar-refractivity contribution in [2.75, 3.05) is 11.9 Å². The Morgan fingerprint density at radius 2 is 2.05 bits per heavy atom. The van der Waals surface area contributed by atoms with E-state index in [1.54, 1.807) is 0 Å². The molecule has 0 unspecified atom stereocenters. The van der Waals surface area contributed by atoms with Crippen LogP contribution in [-0.2, 0) is 6.54 Å². The Bertz CT molecular complexity index is 574. The van der Waals surface area contributed by atoms with Gasteiger partial charge in [-0.2, -0.15) is 0 Å². The van der Waals surface area contributed by atoms with Gasteiger partial charge in [-0.25, -0.2) is 0 Å². The number of nitrogens with one attached hydrogen (secondary N) is 1. The van der Waals surface area contributed by atoms with E-state index in [2.05, 4.69) is 28.2 Å². The number of ether oxygens (including phenoxy) is 1. The molecule has 0 amide bonds. The molecule has 20 heavy (non-hydrogen) atoms. The van der Waals surface area contributed by atoms with Gasteiger partial charge in [0.05, 0.1) is 6.61 Å². The molecule has 0 saturated heterocycles. The molecule has 2 aromatic carbocycles. The van der Waals surface area contributed by atoms with Gasteiger partial charge in [-0.15, -0.1) is 0 Å². The van der Waals surface area contributed by atoms with E-state index in [4.69, 9.17) is 16.3 Å². The maximum atomic E-state index is 6.20. The monoisotopic (exact) mass is 353 g/mol. The maximum absolute atomic E-state index is 6.20. The van der Waals surface area contributed by atoms with Crippen LogP contribution in [-0.4, -0.2) is 6.61 Å². The lowest BCUT2D eigenvalue weighted by Crippen LogP contribution is -2.01. The number of anilines is 1. The Labute approximate surface area is 133 Å². The molecule has 0 aromatic heterocycles. The first-order chi connectivity index (χ1) is 9.69. The molecule has 0 aliphatic carbocycles. The van der Waals surface area contributed by atoms with Gasteiger partial charge >= 0.3 is 0 Å². The van der Waals surface area contributed by atoms with E-state index < -0.39 is 0 Å². The average Bonchev–Trinajstić information content (AvgIpc) is 2.45. The first-order valence-corrected chi connectivity index (χ1v) is 7.77. The maximum Gasteiger partial charge on any atom is 0.121 e. The van der Waals surface area contributed by atoms with Crippen LogP contribution in [0.4, 0.5) is 5.69 Å². The van der Waals surface area contributed by atoms with Crippen LogP contribution in [0.3, 0.4) is 0 Å². The molecule has 4 heteroatoms. The lowest BCUT2D eigenvalue weighted by Gasteiger charge is -2.10. The molecule has 2 aromatic rings. The fourth-order valence-corrected chi connectivity index (χ4v) is 2.52. The first-order valence-electron chi connectivity index (χ1n) is 6.59. The highest BCUT2D eigenvalue weighted by Gasteiger charge is 2.02. The lowest BCUT2D eigenvalue weighted by molar-refractivity contribution is 0.317. The van der Waals surface area contributed by atoms with E-state index in [1.165, 1.54) is 0 Å². The summed E-state index contributed by atoms with van der Waals surface area (Å²) in [5.41, 5.74) is 2.09. The van der Waals surface area contributed by atoms with E-state index in [0.717, 1.165) is 39.5 Å². The summed E-state index contributed by atoms with van der Waals surface area (Å²) in [7, 11) is 0. The summed E-state index contributed by atoms with van der Waals surface area (Å²) in [6.45, 7) is 3.52. The molecule has 0 fully saturated rings. The number of rotatable bonds is 6. The van der Waals surface area contributed by atoms with Gasteiger partial charge in [0.1, 0.15) is 5.75 Å². The summed E-state index contributed by atoms with van der Waals surface area (Å²) in [6.07, 6.45) is 1.01. The van der Waals surface area contributed by atoms with Crippen LogP contribution < -0.4 is 10.1 Å². The smallest absolute Gasteiger partial charge is 0.121 e. The normalized spacial score (nSPS) is 10.3. The molecule has 0 heterocycles. The van der Waals surface area contributed by atoms with Crippen LogP contribution in [0, 0.1) is 0 Å². The average molecular weight is 355 g/mol. The van der Waals surface area contributed by atoms with Gasteiger partial charge in [0.2, 0.25) is 0 Å².